The van der Waals surface area contributed by atoms with Gasteiger partial charge in [-0.25, -0.2) is 0 Å². The molecule has 0 saturated carbocycles. The molecule has 0 aromatic heterocycles. The van der Waals surface area contributed by atoms with Gasteiger partial charge in [0.15, 0.2) is 0 Å². The molecule has 0 aromatic rings. The van der Waals surface area contributed by atoms with E-state index in [2.05, 4.69) is 83.1 Å². The molecule has 0 saturated heterocycles. The summed E-state index contributed by atoms with van der Waals surface area (Å²) in [6.07, 6.45) is 33.2. The lowest BCUT2D eigenvalue weighted by atomic mass is 10.1. The lowest BCUT2D eigenvalue weighted by Crippen LogP contribution is -3.00. The van der Waals surface area contributed by atoms with Crippen LogP contribution in [0.1, 0.15) is 244 Å². The summed E-state index contributed by atoms with van der Waals surface area (Å²) in [5.41, 5.74) is 0. The van der Waals surface area contributed by atoms with Crippen molar-refractivity contribution in [3.63, 3.8) is 0 Å². The van der Waals surface area contributed by atoms with Crippen molar-refractivity contribution in [1.29, 1.82) is 0 Å². The van der Waals surface area contributed by atoms with E-state index in [0.717, 1.165) is 6.92 Å². The first kappa shape index (κ1) is 71.6. The van der Waals surface area contributed by atoms with Crippen LogP contribution in [0.15, 0.2) is 0 Å². The molecule has 0 aliphatic heterocycles. The highest BCUT2D eigenvalue weighted by Crippen LogP contribution is 2.19. The fraction of sp³-hybridized carbons (Fsp3) is 0.980. The molecule has 5 nitrogen and oxygen atoms in total. The third-order valence-corrected chi connectivity index (χ3v) is 11.8. The average Bonchev–Trinajstić information content (AvgIpc) is 3.19. The maximum Gasteiger partial charge on any atom is 0.300 e. The van der Waals surface area contributed by atoms with Gasteiger partial charge < -0.3 is 32.7 Å². The van der Waals surface area contributed by atoms with Gasteiger partial charge in [-0.2, -0.15) is 0 Å². The Morgan fingerprint density at radius 1 is 0.276 bits per heavy atom. The number of aliphatic carboxylic acids is 1. The van der Waals surface area contributed by atoms with E-state index < -0.39 is 5.97 Å². The Kier molecular flexibility index (Phi) is 66.9. The lowest BCUT2D eigenvalue weighted by Gasteiger charge is -2.39. The molecular weight excluding hydrogens is 732 g/mol. The van der Waals surface area contributed by atoms with Crippen LogP contribution in [-0.2, 0) is 4.79 Å². The molecule has 0 amide bonds. The van der Waals surface area contributed by atoms with Gasteiger partial charge in [0, 0.05) is 6.92 Å². The predicted octanol–water partition coefficient (Wildman–Crippen LogP) is 6.11. The van der Waals surface area contributed by atoms with Gasteiger partial charge in [-0.3, -0.25) is 4.79 Å². The molecule has 0 aromatic carbocycles. The fourth-order valence-electron chi connectivity index (χ4n) is 7.93. The first-order chi connectivity index (χ1) is 26.5. The van der Waals surface area contributed by atoms with E-state index in [0.29, 0.717) is 0 Å². The number of nitrogens with zero attached hydrogens (tertiary/aromatic N) is 3. The summed E-state index contributed by atoms with van der Waals surface area (Å²) in [5, 5.41) is 7.42. The highest BCUT2D eigenvalue weighted by molar-refractivity contribution is 5.62. The molecule has 0 heterocycles. The number of quaternary nitrogens is 3. The SMILES string of the molecule is CC(=O)O.CCCC[N+](CCCC)(CCCC)CCCC.CCCC[N+](CCCC)(CCCC)CCCC.CCCC[N+](CCCC)(CCCC)CCCC.[F-].[F-].[F-]. The van der Waals surface area contributed by atoms with E-state index in [9.17, 15) is 0 Å². The first-order valence-corrected chi connectivity index (χ1v) is 25.2. The Bertz CT molecular complexity index is 543. The zero-order valence-corrected chi connectivity index (χ0v) is 42.3. The molecule has 58 heavy (non-hydrogen) atoms. The van der Waals surface area contributed by atoms with Crippen molar-refractivity contribution in [3.05, 3.63) is 0 Å². The molecule has 1 N–H and O–H groups in total. The molecule has 0 rings (SSSR count). The molecule has 0 bridgehead atoms. The van der Waals surface area contributed by atoms with Crippen molar-refractivity contribution in [1.82, 2.24) is 0 Å². The third-order valence-electron chi connectivity index (χ3n) is 11.8. The molecule has 0 spiro atoms. The fourth-order valence-corrected chi connectivity index (χ4v) is 7.93. The Morgan fingerprint density at radius 3 is 0.397 bits per heavy atom. The minimum Gasteiger partial charge on any atom is -1.00 e. The van der Waals surface area contributed by atoms with Gasteiger partial charge in [0.05, 0.1) is 78.5 Å². The van der Waals surface area contributed by atoms with Gasteiger partial charge >= 0.3 is 0 Å². The van der Waals surface area contributed by atoms with Crippen molar-refractivity contribution in [3.8, 4) is 0 Å². The Hall–Kier alpha value is -0.860. The molecule has 0 atom stereocenters. The average molecular weight is 844 g/mol. The number of halogens is 3. The second kappa shape index (κ2) is 54.2. The Labute approximate surface area is 365 Å². The second-order valence-corrected chi connectivity index (χ2v) is 17.5. The summed E-state index contributed by atoms with van der Waals surface area (Å²) in [4.78, 5) is 9.00. The maximum absolute atomic E-state index is 9.00. The van der Waals surface area contributed by atoms with Crippen LogP contribution in [0.4, 0.5) is 0 Å². The largest absolute Gasteiger partial charge is 1.00 e. The summed E-state index contributed by atoms with van der Waals surface area (Å²) < 4.78 is 4.26. The van der Waals surface area contributed by atoms with Crippen LogP contribution in [0.25, 0.3) is 0 Å². The number of rotatable bonds is 36. The zero-order chi connectivity index (χ0) is 42.5. The smallest absolute Gasteiger partial charge is 0.300 e. The van der Waals surface area contributed by atoms with E-state index >= 15 is 0 Å². The summed E-state index contributed by atoms with van der Waals surface area (Å²) in [7, 11) is 0. The van der Waals surface area contributed by atoms with E-state index in [4.69, 9.17) is 9.90 Å². The van der Waals surface area contributed by atoms with Crippen molar-refractivity contribution >= 4 is 5.97 Å². The topological polar surface area (TPSA) is 37.3 Å². The molecule has 0 radical (unpaired) electrons. The van der Waals surface area contributed by atoms with Gasteiger partial charge in [0.2, 0.25) is 0 Å². The summed E-state index contributed by atoms with van der Waals surface area (Å²) in [6, 6.07) is 0. The van der Waals surface area contributed by atoms with Gasteiger partial charge in [-0.15, -0.1) is 0 Å². The van der Waals surface area contributed by atoms with Crippen molar-refractivity contribution in [2.24, 2.45) is 0 Å². The minimum absolute atomic E-state index is 0. The number of carbonyl (C=O) groups is 1. The van der Waals surface area contributed by atoms with E-state index in [1.54, 1.807) is 0 Å². The van der Waals surface area contributed by atoms with Crippen molar-refractivity contribution < 1.29 is 37.5 Å². The van der Waals surface area contributed by atoms with Gasteiger partial charge in [0.1, 0.15) is 0 Å². The van der Waals surface area contributed by atoms with Crippen molar-refractivity contribution in [2.75, 3.05) is 78.5 Å². The molecule has 0 unspecified atom stereocenters. The van der Waals surface area contributed by atoms with Crippen LogP contribution in [0.3, 0.4) is 0 Å². The number of unbranched alkanes of at least 4 members (excludes halogenated alkanes) is 12. The molecular formula is C50H112F3N3O2. The monoisotopic (exact) mass is 844 g/mol. The van der Waals surface area contributed by atoms with Crippen LogP contribution in [0, 0.1) is 0 Å². The van der Waals surface area contributed by atoms with E-state index in [1.165, 1.54) is 246 Å². The van der Waals surface area contributed by atoms with Gasteiger partial charge in [-0.1, -0.05) is 160 Å². The van der Waals surface area contributed by atoms with Crippen LogP contribution in [0.2, 0.25) is 0 Å². The van der Waals surface area contributed by atoms with E-state index in [1.807, 2.05) is 0 Å². The molecule has 0 aliphatic carbocycles. The van der Waals surface area contributed by atoms with Crippen LogP contribution < -0.4 is 14.1 Å². The zero-order valence-electron chi connectivity index (χ0n) is 42.3. The van der Waals surface area contributed by atoms with Crippen molar-refractivity contribution in [2.45, 2.75) is 244 Å². The van der Waals surface area contributed by atoms with Crippen LogP contribution in [-0.4, -0.2) is 103 Å². The maximum atomic E-state index is 9.00. The standard InChI is InChI=1S/3C16H36N.C2H4O2.3FH/c3*1-5-9-13-17(14-10-6-2,15-11-7-3)16-12-8-4;1-2(3)4;;;/h3*5-16H2,1-4H3;1H3,(H,3,4);3*1H/q3*+1;;;;/p-3. The number of hydrogen-bond donors (Lipinski definition) is 1. The summed E-state index contributed by atoms with van der Waals surface area (Å²) >= 11 is 0. The first-order valence-electron chi connectivity index (χ1n) is 25.2. The summed E-state index contributed by atoms with van der Waals surface area (Å²) in [5.74, 6) is -0.833. The van der Waals surface area contributed by atoms with Crippen LogP contribution >= 0.6 is 0 Å². The second-order valence-electron chi connectivity index (χ2n) is 17.5. The van der Waals surface area contributed by atoms with Gasteiger partial charge in [-0.05, 0) is 77.0 Å². The quantitative estimate of drug-likeness (QED) is 0.0774. The molecule has 0 aliphatic rings. The Balaban J connectivity index is -0.000000125. The van der Waals surface area contributed by atoms with Gasteiger partial charge in [0.25, 0.3) is 5.97 Å². The highest BCUT2D eigenvalue weighted by atomic mass is 19.0. The normalized spacial score (nSPS) is 11.0. The number of carboxylic acid groups (broad SMARTS) is 1. The lowest BCUT2D eigenvalue weighted by molar-refractivity contribution is -0.929. The highest BCUT2D eigenvalue weighted by Gasteiger charge is 2.26. The minimum atomic E-state index is -0.833. The molecule has 360 valence electrons. The van der Waals surface area contributed by atoms with Crippen LogP contribution in [0.5, 0.6) is 0 Å². The molecule has 8 heteroatoms. The predicted molar refractivity (Wildman–Crippen MR) is 251 cm³/mol. The third kappa shape index (κ3) is 46.2. The Morgan fingerprint density at radius 2 is 0.345 bits per heavy atom. The number of carboxylic acids is 1. The number of hydrogen-bond acceptors (Lipinski definition) is 1. The van der Waals surface area contributed by atoms with E-state index in [-0.39, 0.29) is 14.1 Å². The molecule has 0 fully saturated rings. The summed E-state index contributed by atoms with van der Waals surface area (Å²) in [6.45, 7) is 46.1.